The average molecular weight is 294 g/mol. The molecule has 2 aromatic carbocycles. The number of non-ortho nitro benzene ring substituents is 1. The SMILES string of the molecule is O=C(Nc1ccc(O)c(F)c1)c1cc([N+](=O)[O-])ccc1F. The van der Waals surface area contributed by atoms with Crippen molar-refractivity contribution in [2.45, 2.75) is 0 Å². The quantitative estimate of drug-likeness (QED) is 0.517. The summed E-state index contributed by atoms with van der Waals surface area (Å²) in [6, 6.07) is 5.54. The molecule has 0 fully saturated rings. The molecule has 0 heterocycles. The van der Waals surface area contributed by atoms with Crippen LogP contribution in [0, 0.1) is 21.7 Å². The molecule has 6 nitrogen and oxygen atoms in total. The van der Waals surface area contributed by atoms with E-state index in [1.807, 2.05) is 0 Å². The van der Waals surface area contributed by atoms with Gasteiger partial charge in [0.25, 0.3) is 11.6 Å². The van der Waals surface area contributed by atoms with Crippen molar-refractivity contribution in [2.24, 2.45) is 0 Å². The molecule has 0 atom stereocenters. The minimum Gasteiger partial charge on any atom is -0.505 e. The van der Waals surface area contributed by atoms with E-state index in [0.717, 1.165) is 30.3 Å². The molecule has 2 N–H and O–H groups in total. The van der Waals surface area contributed by atoms with Gasteiger partial charge < -0.3 is 10.4 Å². The number of anilines is 1. The minimum absolute atomic E-state index is 0.0267. The van der Waals surface area contributed by atoms with E-state index < -0.39 is 39.5 Å². The number of aromatic hydroxyl groups is 1. The lowest BCUT2D eigenvalue weighted by Gasteiger charge is -2.06. The zero-order valence-corrected chi connectivity index (χ0v) is 10.3. The van der Waals surface area contributed by atoms with E-state index >= 15 is 0 Å². The molecule has 21 heavy (non-hydrogen) atoms. The van der Waals surface area contributed by atoms with Gasteiger partial charge >= 0.3 is 0 Å². The summed E-state index contributed by atoms with van der Waals surface area (Å²) in [5.74, 6) is -3.49. The Kier molecular flexibility index (Phi) is 3.79. The van der Waals surface area contributed by atoms with E-state index in [1.54, 1.807) is 0 Å². The number of carbonyl (C=O) groups is 1. The van der Waals surface area contributed by atoms with Gasteiger partial charge in [-0.3, -0.25) is 14.9 Å². The first kappa shape index (κ1) is 14.4. The predicted octanol–water partition coefficient (Wildman–Crippen LogP) is 2.83. The number of amides is 1. The van der Waals surface area contributed by atoms with Crippen molar-refractivity contribution >= 4 is 17.3 Å². The highest BCUT2D eigenvalue weighted by Crippen LogP contribution is 2.21. The van der Waals surface area contributed by atoms with Gasteiger partial charge in [-0.15, -0.1) is 0 Å². The fraction of sp³-hybridized carbons (Fsp3) is 0. The van der Waals surface area contributed by atoms with Crippen LogP contribution >= 0.6 is 0 Å². The number of nitro benzene ring substituents is 1. The number of hydrogen-bond acceptors (Lipinski definition) is 4. The third-order valence-corrected chi connectivity index (χ3v) is 2.61. The molecule has 0 aliphatic carbocycles. The summed E-state index contributed by atoms with van der Waals surface area (Å²) >= 11 is 0. The van der Waals surface area contributed by atoms with Crippen molar-refractivity contribution in [3.05, 3.63) is 63.7 Å². The van der Waals surface area contributed by atoms with Crippen molar-refractivity contribution in [3.8, 4) is 5.75 Å². The van der Waals surface area contributed by atoms with Crippen molar-refractivity contribution in [3.63, 3.8) is 0 Å². The van der Waals surface area contributed by atoms with Crippen LogP contribution in [0.15, 0.2) is 36.4 Å². The van der Waals surface area contributed by atoms with Crippen molar-refractivity contribution in [1.82, 2.24) is 0 Å². The molecule has 8 heteroatoms. The molecule has 0 saturated heterocycles. The molecule has 2 aromatic rings. The Morgan fingerprint density at radius 1 is 1.14 bits per heavy atom. The van der Waals surface area contributed by atoms with E-state index in [2.05, 4.69) is 5.32 Å². The summed E-state index contributed by atoms with van der Waals surface area (Å²) in [6.45, 7) is 0. The van der Waals surface area contributed by atoms with Gasteiger partial charge in [0.2, 0.25) is 0 Å². The molecule has 0 spiro atoms. The third-order valence-electron chi connectivity index (χ3n) is 2.61. The summed E-state index contributed by atoms with van der Waals surface area (Å²) in [5, 5.41) is 21.8. The van der Waals surface area contributed by atoms with Gasteiger partial charge in [-0.2, -0.15) is 0 Å². The lowest BCUT2D eigenvalue weighted by atomic mass is 10.1. The maximum Gasteiger partial charge on any atom is 0.270 e. The highest BCUT2D eigenvalue weighted by molar-refractivity contribution is 6.04. The Morgan fingerprint density at radius 3 is 2.48 bits per heavy atom. The first-order chi connectivity index (χ1) is 9.88. The molecule has 0 aromatic heterocycles. The number of nitrogens with one attached hydrogen (secondary N) is 1. The largest absolute Gasteiger partial charge is 0.505 e. The van der Waals surface area contributed by atoms with Crippen LogP contribution in [0.2, 0.25) is 0 Å². The standard InChI is InChI=1S/C13H8F2N2O4/c14-10-3-2-8(17(20)21)6-9(10)13(19)16-7-1-4-12(18)11(15)5-7/h1-6,18H,(H,16,19). The van der Waals surface area contributed by atoms with Crippen LogP contribution in [0.3, 0.4) is 0 Å². The number of nitro groups is 1. The molecular formula is C13H8F2N2O4. The number of hydrogen-bond donors (Lipinski definition) is 2. The molecule has 108 valence electrons. The Morgan fingerprint density at radius 2 is 1.86 bits per heavy atom. The lowest BCUT2D eigenvalue weighted by molar-refractivity contribution is -0.384. The Hall–Kier alpha value is -3.03. The molecule has 0 aliphatic rings. The van der Waals surface area contributed by atoms with Crippen LogP contribution < -0.4 is 5.32 Å². The maximum absolute atomic E-state index is 13.5. The Bertz CT molecular complexity index is 734. The van der Waals surface area contributed by atoms with Gasteiger partial charge in [-0.1, -0.05) is 0 Å². The number of nitrogens with zero attached hydrogens (tertiary/aromatic N) is 1. The normalized spacial score (nSPS) is 10.2. The topological polar surface area (TPSA) is 92.5 Å². The van der Waals surface area contributed by atoms with E-state index in [0.29, 0.717) is 0 Å². The highest BCUT2D eigenvalue weighted by Gasteiger charge is 2.17. The van der Waals surface area contributed by atoms with Crippen LogP contribution in [0.1, 0.15) is 10.4 Å². The summed E-state index contributed by atoms with van der Waals surface area (Å²) in [6.07, 6.45) is 0. The lowest BCUT2D eigenvalue weighted by Crippen LogP contribution is -2.14. The molecule has 1 amide bonds. The average Bonchev–Trinajstić information content (AvgIpc) is 2.43. The molecular weight excluding hydrogens is 286 g/mol. The number of phenolic OH excluding ortho intramolecular Hbond substituents is 1. The van der Waals surface area contributed by atoms with Crippen LogP contribution in [0.25, 0.3) is 0 Å². The van der Waals surface area contributed by atoms with Crippen LogP contribution in [0.5, 0.6) is 5.75 Å². The third kappa shape index (κ3) is 3.11. The fourth-order valence-corrected chi connectivity index (χ4v) is 1.58. The molecule has 0 unspecified atom stereocenters. The molecule has 0 aliphatic heterocycles. The smallest absolute Gasteiger partial charge is 0.270 e. The van der Waals surface area contributed by atoms with Gasteiger partial charge in [0.1, 0.15) is 5.82 Å². The predicted molar refractivity (Wildman–Crippen MR) is 69.1 cm³/mol. The highest BCUT2D eigenvalue weighted by atomic mass is 19.1. The Balaban J connectivity index is 2.29. The zero-order chi connectivity index (χ0) is 15.6. The van der Waals surface area contributed by atoms with Crippen LogP contribution in [0.4, 0.5) is 20.2 Å². The minimum atomic E-state index is -0.971. The van der Waals surface area contributed by atoms with Gasteiger partial charge in [0.05, 0.1) is 10.5 Å². The molecule has 2 rings (SSSR count). The number of halogens is 2. The second-order valence-electron chi connectivity index (χ2n) is 4.04. The van der Waals surface area contributed by atoms with Crippen LogP contribution in [-0.4, -0.2) is 15.9 Å². The van der Waals surface area contributed by atoms with E-state index in [1.165, 1.54) is 6.07 Å². The van der Waals surface area contributed by atoms with Crippen LogP contribution in [-0.2, 0) is 0 Å². The molecule has 0 radical (unpaired) electrons. The summed E-state index contributed by atoms with van der Waals surface area (Å²) in [4.78, 5) is 21.7. The van der Waals surface area contributed by atoms with E-state index in [9.17, 15) is 23.7 Å². The second kappa shape index (κ2) is 5.53. The van der Waals surface area contributed by atoms with Gasteiger partial charge in [-0.25, -0.2) is 8.78 Å². The summed E-state index contributed by atoms with van der Waals surface area (Å²) in [7, 11) is 0. The van der Waals surface area contributed by atoms with Crippen molar-refractivity contribution < 1.29 is 23.6 Å². The summed E-state index contributed by atoms with van der Waals surface area (Å²) in [5.41, 5.74) is -1.02. The fourth-order valence-electron chi connectivity index (χ4n) is 1.58. The Labute approximate surface area is 116 Å². The monoisotopic (exact) mass is 294 g/mol. The van der Waals surface area contributed by atoms with E-state index in [-0.39, 0.29) is 5.69 Å². The first-order valence-electron chi connectivity index (χ1n) is 5.62. The maximum atomic E-state index is 13.5. The number of benzene rings is 2. The van der Waals surface area contributed by atoms with E-state index in [4.69, 9.17) is 5.11 Å². The number of carbonyl (C=O) groups excluding carboxylic acids is 1. The van der Waals surface area contributed by atoms with Gasteiger partial charge in [-0.05, 0) is 18.2 Å². The van der Waals surface area contributed by atoms with Gasteiger partial charge in [0.15, 0.2) is 11.6 Å². The summed E-state index contributed by atoms with van der Waals surface area (Å²) < 4.78 is 26.6. The van der Waals surface area contributed by atoms with Crippen molar-refractivity contribution in [2.75, 3.05) is 5.32 Å². The van der Waals surface area contributed by atoms with Gasteiger partial charge in [0, 0.05) is 23.9 Å². The zero-order valence-electron chi connectivity index (χ0n) is 10.3. The molecule has 0 saturated carbocycles. The molecule has 0 bridgehead atoms. The first-order valence-corrected chi connectivity index (χ1v) is 5.62. The second-order valence-corrected chi connectivity index (χ2v) is 4.04. The van der Waals surface area contributed by atoms with Crippen molar-refractivity contribution in [1.29, 1.82) is 0 Å². The number of phenols is 1. The number of rotatable bonds is 3.